The molecule has 0 fully saturated rings. The van der Waals surface area contributed by atoms with Crippen LogP contribution in [0.15, 0.2) is 89.3 Å². The van der Waals surface area contributed by atoms with Gasteiger partial charge in [0, 0.05) is 0 Å². The van der Waals surface area contributed by atoms with Gasteiger partial charge in [-0.3, -0.25) is 4.79 Å². The lowest BCUT2D eigenvalue weighted by molar-refractivity contribution is -0.127. The monoisotopic (exact) mass is 444 g/mol. The van der Waals surface area contributed by atoms with E-state index in [9.17, 15) is 9.59 Å². The van der Waals surface area contributed by atoms with E-state index in [1.807, 2.05) is 47.8 Å². The molecule has 0 aliphatic rings. The largest absolute Gasteiger partial charge is 0.481 e. The Balaban J connectivity index is 1.28. The molecule has 0 radical (unpaired) electrons. The Morgan fingerprint density at radius 1 is 0.938 bits per heavy atom. The van der Waals surface area contributed by atoms with E-state index in [4.69, 9.17) is 9.47 Å². The molecule has 0 bridgehead atoms. The Labute approximate surface area is 189 Å². The lowest BCUT2D eigenvalue weighted by Gasteiger charge is -2.13. The molecule has 32 heavy (non-hydrogen) atoms. The smallest absolute Gasteiger partial charge is 0.353 e. The molecular formula is C25H20N2O4S. The van der Waals surface area contributed by atoms with Gasteiger partial charge in [0.2, 0.25) is 0 Å². The van der Waals surface area contributed by atoms with Crippen molar-refractivity contribution in [2.75, 3.05) is 0 Å². The molecule has 7 heteroatoms. The van der Waals surface area contributed by atoms with Gasteiger partial charge in [-0.1, -0.05) is 36.4 Å². The minimum atomic E-state index is -0.715. The zero-order chi connectivity index (χ0) is 22.3. The first kappa shape index (κ1) is 21.3. The number of carbonyl (C=O) groups excluding carboxylic acids is 2. The van der Waals surface area contributed by atoms with Crippen molar-refractivity contribution in [1.29, 1.82) is 0 Å². The third-order valence-electron chi connectivity index (χ3n) is 4.60. The minimum Gasteiger partial charge on any atom is -0.481 e. The summed E-state index contributed by atoms with van der Waals surface area (Å²) in [5.41, 5.74) is 3.22. The number of hydrogen-bond donors (Lipinski definition) is 1. The second-order valence-corrected chi connectivity index (χ2v) is 7.89. The number of esters is 1. The van der Waals surface area contributed by atoms with Crippen molar-refractivity contribution in [3.05, 3.63) is 94.7 Å². The number of thiophene rings is 1. The van der Waals surface area contributed by atoms with Gasteiger partial charge in [0.15, 0.2) is 6.10 Å². The number of hydrazone groups is 1. The summed E-state index contributed by atoms with van der Waals surface area (Å²) in [6, 6.07) is 23.9. The highest BCUT2D eigenvalue weighted by molar-refractivity contribution is 7.12. The number of nitrogens with zero attached hydrogens (tertiary/aromatic N) is 1. The summed E-state index contributed by atoms with van der Waals surface area (Å²) in [5, 5.41) is 7.94. The molecule has 0 unspecified atom stereocenters. The molecule has 6 nitrogen and oxygen atoms in total. The third kappa shape index (κ3) is 5.39. The maximum Gasteiger partial charge on any atom is 0.353 e. The standard InChI is InChI=1S/C25H20N2O4S/c1-17(30-22-13-10-19-5-2-3-6-20(19)15-22)24(28)27-26-16-18-8-11-21(12-9-18)31-25(29)23-7-4-14-32-23/h2-17H,1H3,(H,27,28)/b26-16-/t17-/m0/s1. The molecule has 1 N–H and O–H groups in total. The van der Waals surface area contributed by atoms with Crippen molar-refractivity contribution < 1.29 is 19.1 Å². The molecule has 0 saturated heterocycles. The van der Waals surface area contributed by atoms with Crippen molar-refractivity contribution in [2.24, 2.45) is 5.10 Å². The predicted octanol–water partition coefficient (Wildman–Crippen LogP) is 5.04. The first-order valence-electron chi connectivity index (χ1n) is 9.92. The summed E-state index contributed by atoms with van der Waals surface area (Å²) in [7, 11) is 0. The van der Waals surface area contributed by atoms with Gasteiger partial charge in [0.25, 0.3) is 5.91 Å². The number of carbonyl (C=O) groups is 2. The van der Waals surface area contributed by atoms with Crippen LogP contribution in [-0.4, -0.2) is 24.2 Å². The van der Waals surface area contributed by atoms with Crippen LogP contribution in [0.1, 0.15) is 22.2 Å². The van der Waals surface area contributed by atoms with E-state index in [0.717, 1.165) is 16.3 Å². The van der Waals surface area contributed by atoms with Crippen molar-refractivity contribution in [3.63, 3.8) is 0 Å². The van der Waals surface area contributed by atoms with Crippen LogP contribution in [0.4, 0.5) is 0 Å². The Kier molecular flexibility index (Phi) is 6.57. The van der Waals surface area contributed by atoms with Crippen LogP contribution >= 0.6 is 11.3 Å². The summed E-state index contributed by atoms with van der Waals surface area (Å²) in [4.78, 5) is 24.8. The number of nitrogens with one attached hydrogen (secondary N) is 1. The van der Waals surface area contributed by atoms with E-state index < -0.39 is 12.1 Å². The first-order chi connectivity index (χ1) is 15.6. The van der Waals surface area contributed by atoms with Gasteiger partial charge in [0.05, 0.1) is 6.21 Å². The normalized spacial score (nSPS) is 11.9. The number of fused-ring (bicyclic) bond motifs is 1. The van der Waals surface area contributed by atoms with Crippen LogP contribution < -0.4 is 14.9 Å². The average molecular weight is 445 g/mol. The summed E-state index contributed by atoms with van der Waals surface area (Å²) in [5.74, 6) is 0.287. The molecule has 160 valence electrons. The molecule has 1 atom stereocenters. The van der Waals surface area contributed by atoms with Crippen LogP contribution in [0, 0.1) is 0 Å². The number of amides is 1. The minimum absolute atomic E-state index is 0.365. The number of hydrogen-bond acceptors (Lipinski definition) is 6. The highest BCUT2D eigenvalue weighted by atomic mass is 32.1. The summed E-state index contributed by atoms with van der Waals surface area (Å²) >= 11 is 1.32. The highest BCUT2D eigenvalue weighted by Crippen LogP contribution is 2.21. The zero-order valence-corrected chi connectivity index (χ0v) is 18.0. The first-order valence-corrected chi connectivity index (χ1v) is 10.8. The van der Waals surface area contributed by atoms with Crippen LogP contribution in [0.5, 0.6) is 11.5 Å². The maximum atomic E-state index is 12.3. The summed E-state index contributed by atoms with van der Waals surface area (Å²) in [6.45, 7) is 1.66. The van der Waals surface area contributed by atoms with Gasteiger partial charge in [-0.15, -0.1) is 11.3 Å². The fourth-order valence-corrected chi connectivity index (χ4v) is 3.53. The zero-order valence-electron chi connectivity index (χ0n) is 17.2. The molecular weight excluding hydrogens is 424 g/mol. The van der Waals surface area contributed by atoms with E-state index >= 15 is 0 Å². The van der Waals surface area contributed by atoms with Crippen molar-refractivity contribution in [3.8, 4) is 11.5 Å². The molecule has 1 heterocycles. The van der Waals surface area contributed by atoms with Gasteiger partial charge in [-0.2, -0.15) is 5.10 Å². The van der Waals surface area contributed by atoms with Gasteiger partial charge >= 0.3 is 5.97 Å². The van der Waals surface area contributed by atoms with E-state index in [0.29, 0.717) is 16.4 Å². The fourth-order valence-electron chi connectivity index (χ4n) is 2.93. The Morgan fingerprint density at radius 3 is 2.44 bits per heavy atom. The second-order valence-electron chi connectivity index (χ2n) is 6.94. The van der Waals surface area contributed by atoms with Gasteiger partial charge in [0.1, 0.15) is 16.4 Å². The van der Waals surface area contributed by atoms with Crippen LogP contribution in [0.3, 0.4) is 0 Å². The quantitative estimate of drug-likeness (QED) is 0.188. The molecule has 1 amide bonds. The highest BCUT2D eigenvalue weighted by Gasteiger charge is 2.14. The van der Waals surface area contributed by atoms with Crippen LogP contribution in [0.2, 0.25) is 0 Å². The van der Waals surface area contributed by atoms with E-state index in [2.05, 4.69) is 10.5 Å². The molecule has 0 saturated carbocycles. The lowest BCUT2D eigenvalue weighted by Crippen LogP contribution is -2.33. The molecule has 1 aromatic heterocycles. The predicted molar refractivity (Wildman–Crippen MR) is 125 cm³/mol. The molecule has 4 rings (SSSR count). The molecule has 0 aliphatic heterocycles. The summed E-state index contributed by atoms with van der Waals surface area (Å²) < 4.78 is 11.0. The van der Waals surface area contributed by atoms with Gasteiger partial charge in [-0.05, 0) is 71.1 Å². The van der Waals surface area contributed by atoms with Gasteiger partial charge in [-0.25, -0.2) is 10.2 Å². The Bertz CT molecular complexity index is 1250. The van der Waals surface area contributed by atoms with Crippen molar-refractivity contribution >= 4 is 40.2 Å². The van der Waals surface area contributed by atoms with E-state index in [-0.39, 0.29) is 5.91 Å². The van der Waals surface area contributed by atoms with E-state index in [1.165, 1.54) is 17.6 Å². The average Bonchev–Trinajstić information content (AvgIpc) is 3.35. The number of ether oxygens (including phenoxy) is 2. The second kappa shape index (κ2) is 9.89. The SMILES string of the molecule is C[C@H](Oc1ccc2ccccc2c1)C(=O)N/N=C\c1ccc(OC(=O)c2cccs2)cc1. The lowest BCUT2D eigenvalue weighted by atomic mass is 10.1. The Morgan fingerprint density at radius 2 is 1.69 bits per heavy atom. The Hall–Kier alpha value is -3.97. The van der Waals surface area contributed by atoms with Crippen molar-refractivity contribution in [1.82, 2.24) is 5.43 Å². The molecule has 3 aromatic carbocycles. The maximum absolute atomic E-state index is 12.3. The fraction of sp³-hybridized carbons (Fsp3) is 0.0800. The number of rotatable bonds is 7. The molecule has 0 aliphatic carbocycles. The topological polar surface area (TPSA) is 77.0 Å². The van der Waals surface area contributed by atoms with Gasteiger partial charge < -0.3 is 9.47 Å². The van der Waals surface area contributed by atoms with E-state index in [1.54, 1.807) is 43.3 Å². The number of benzene rings is 3. The third-order valence-corrected chi connectivity index (χ3v) is 5.45. The molecule has 0 spiro atoms. The van der Waals surface area contributed by atoms with Crippen LogP contribution in [-0.2, 0) is 4.79 Å². The molecule has 4 aromatic rings. The van der Waals surface area contributed by atoms with Crippen molar-refractivity contribution in [2.45, 2.75) is 13.0 Å². The summed E-state index contributed by atoms with van der Waals surface area (Å²) in [6.07, 6.45) is 0.790. The van der Waals surface area contributed by atoms with Crippen LogP contribution in [0.25, 0.3) is 10.8 Å².